The zero-order chi connectivity index (χ0) is 15.1. The lowest BCUT2D eigenvalue weighted by atomic mass is 10.2. The first-order valence-electron chi connectivity index (χ1n) is 7.84. The Kier molecular flexibility index (Phi) is 3.46. The lowest BCUT2D eigenvalue weighted by molar-refractivity contribution is 0.105. The van der Waals surface area contributed by atoms with Gasteiger partial charge in [-0.3, -0.25) is 10.00 Å². The van der Waals surface area contributed by atoms with Gasteiger partial charge in [-0.15, -0.1) is 0 Å². The van der Waals surface area contributed by atoms with Crippen LogP contribution in [0.5, 0.6) is 0 Å². The van der Waals surface area contributed by atoms with Crippen LogP contribution in [0.4, 0.5) is 0 Å². The van der Waals surface area contributed by atoms with Crippen molar-refractivity contribution in [2.45, 2.75) is 50.8 Å². The predicted molar refractivity (Wildman–Crippen MR) is 78.2 cm³/mol. The molecule has 0 aromatic carbocycles. The minimum absolute atomic E-state index is 0.190. The van der Waals surface area contributed by atoms with Crippen molar-refractivity contribution in [3.8, 4) is 0 Å². The lowest BCUT2D eigenvalue weighted by Gasteiger charge is -2.20. The van der Waals surface area contributed by atoms with Crippen LogP contribution in [0.1, 0.15) is 54.3 Å². The summed E-state index contributed by atoms with van der Waals surface area (Å²) in [5.41, 5.74) is 0.907. The number of ether oxygens (including phenoxy) is 1. The van der Waals surface area contributed by atoms with Crippen LogP contribution in [0.3, 0.4) is 0 Å². The predicted octanol–water partition coefficient (Wildman–Crippen LogP) is 1.94. The summed E-state index contributed by atoms with van der Waals surface area (Å²) in [5.74, 6) is 3.35. The Hall–Kier alpha value is -1.73. The Balaban J connectivity index is 1.53. The minimum atomic E-state index is 0.190. The van der Waals surface area contributed by atoms with Gasteiger partial charge in [0.2, 0.25) is 0 Å². The first-order valence-corrected chi connectivity index (χ1v) is 7.84. The molecule has 1 aliphatic heterocycles. The van der Waals surface area contributed by atoms with Gasteiger partial charge in [0.25, 0.3) is 0 Å². The molecular weight excluding hydrogens is 282 g/mol. The SMILES string of the molecule is CO[C@@H]1C[C@@H](c2nc(C3CC3)n[nH]2)N(Cc2cc(C)no2)C1. The van der Waals surface area contributed by atoms with E-state index in [-0.39, 0.29) is 12.1 Å². The van der Waals surface area contributed by atoms with Gasteiger partial charge < -0.3 is 9.26 Å². The monoisotopic (exact) mass is 303 g/mol. The van der Waals surface area contributed by atoms with E-state index >= 15 is 0 Å². The quantitative estimate of drug-likeness (QED) is 0.909. The van der Waals surface area contributed by atoms with Crippen molar-refractivity contribution in [3.63, 3.8) is 0 Å². The standard InChI is InChI=1S/C15H21N5O2/c1-9-5-12(22-19-9)8-20-7-11(21-2)6-13(20)15-16-14(17-18-15)10-3-4-10/h5,10-11,13H,3-4,6-8H2,1-2H3,(H,16,17,18)/t11-,13+/m1/s1. The second-order valence-electron chi connectivity index (χ2n) is 6.33. The summed E-state index contributed by atoms with van der Waals surface area (Å²) in [5, 5.41) is 11.5. The van der Waals surface area contributed by atoms with Crippen LogP contribution in [0.15, 0.2) is 10.6 Å². The number of hydrogen-bond acceptors (Lipinski definition) is 6. The molecule has 2 aromatic heterocycles. The molecule has 0 radical (unpaired) electrons. The maximum absolute atomic E-state index is 5.55. The first kappa shape index (κ1) is 13.9. The molecular formula is C15H21N5O2. The third-order valence-corrected chi connectivity index (χ3v) is 4.51. The van der Waals surface area contributed by atoms with Crippen molar-refractivity contribution < 1.29 is 9.26 Å². The highest BCUT2D eigenvalue weighted by molar-refractivity contribution is 5.10. The number of nitrogens with zero attached hydrogens (tertiary/aromatic N) is 4. The highest BCUT2D eigenvalue weighted by Crippen LogP contribution is 2.39. The molecule has 0 spiro atoms. The fourth-order valence-electron chi connectivity index (χ4n) is 3.14. The molecule has 7 nitrogen and oxygen atoms in total. The summed E-state index contributed by atoms with van der Waals surface area (Å²) in [4.78, 5) is 7.03. The van der Waals surface area contributed by atoms with Crippen molar-refractivity contribution >= 4 is 0 Å². The largest absolute Gasteiger partial charge is 0.380 e. The van der Waals surface area contributed by atoms with Gasteiger partial charge in [0, 0.05) is 25.6 Å². The van der Waals surface area contributed by atoms with Crippen molar-refractivity contribution in [1.82, 2.24) is 25.2 Å². The van der Waals surface area contributed by atoms with Crippen LogP contribution in [0, 0.1) is 6.92 Å². The Morgan fingerprint density at radius 2 is 2.32 bits per heavy atom. The van der Waals surface area contributed by atoms with E-state index in [4.69, 9.17) is 14.2 Å². The summed E-state index contributed by atoms with van der Waals surface area (Å²) in [6, 6.07) is 2.17. The number of hydrogen-bond donors (Lipinski definition) is 1. The fraction of sp³-hybridized carbons (Fsp3) is 0.667. The summed E-state index contributed by atoms with van der Waals surface area (Å²) < 4.78 is 10.9. The lowest BCUT2D eigenvalue weighted by Crippen LogP contribution is -2.25. The molecule has 2 aromatic rings. The van der Waals surface area contributed by atoms with Crippen molar-refractivity contribution in [2.75, 3.05) is 13.7 Å². The Labute approximate surface area is 129 Å². The molecule has 4 rings (SSSR count). The van der Waals surface area contributed by atoms with Crippen LogP contribution >= 0.6 is 0 Å². The van der Waals surface area contributed by atoms with Crippen molar-refractivity contribution in [3.05, 3.63) is 29.2 Å². The molecule has 2 atom stereocenters. The second kappa shape index (κ2) is 5.48. The molecule has 1 saturated carbocycles. The molecule has 0 unspecified atom stereocenters. The maximum Gasteiger partial charge on any atom is 0.153 e. The number of aromatic nitrogens is 4. The summed E-state index contributed by atoms with van der Waals surface area (Å²) in [7, 11) is 1.76. The molecule has 1 aliphatic carbocycles. The third-order valence-electron chi connectivity index (χ3n) is 4.51. The average Bonchev–Trinajstić information content (AvgIpc) is 2.94. The summed E-state index contributed by atoms with van der Waals surface area (Å²) >= 11 is 0. The van der Waals surface area contributed by atoms with E-state index in [0.29, 0.717) is 12.5 Å². The molecule has 0 bridgehead atoms. The molecule has 1 saturated heterocycles. The number of methoxy groups -OCH3 is 1. The van der Waals surface area contributed by atoms with E-state index in [0.717, 1.165) is 36.1 Å². The Morgan fingerprint density at radius 1 is 1.45 bits per heavy atom. The van der Waals surface area contributed by atoms with Gasteiger partial charge in [-0.05, 0) is 26.2 Å². The Morgan fingerprint density at radius 3 is 3.00 bits per heavy atom. The summed E-state index contributed by atoms with van der Waals surface area (Å²) in [6.07, 6.45) is 3.56. The first-order chi connectivity index (χ1) is 10.7. The number of nitrogens with one attached hydrogen (secondary N) is 1. The molecule has 2 fully saturated rings. The molecule has 118 valence electrons. The van der Waals surface area contributed by atoms with E-state index < -0.39 is 0 Å². The second-order valence-corrected chi connectivity index (χ2v) is 6.33. The Bertz CT molecular complexity index is 648. The van der Waals surface area contributed by atoms with Crippen LogP contribution < -0.4 is 0 Å². The van der Waals surface area contributed by atoms with E-state index in [1.807, 2.05) is 13.0 Å². The fourth-order valence-corrected chi connectivity index (χ4v) is 3.14. The van der Waals surface area contributed by atoms with Crippen LogP contribution in [-0.4, -0.2) is 45.0 Å². The minimum Gasteiger partial charge on any atom is -0.380 e. The average molecular weight is 303 g/mol. The topological polar surface area (TPSA) is 80.1 Å². The van der Waals surface area contributed by atoms with E-state index in [1.54, 1.807) is 7.11 Å². The van der Waals surface area contributed by atoms with Gasteiger partial charge in [-0.2, -0.15) is 5.10 Å². The molecule has 7 heteroatoms. The summed E-state index contributed by atoms with van der Waals surface area (Å²) in [6.45, 7) is 3.51. The van der Waals surface area contributed by atoms with Crippen LogP contribution in [0.25, 0.3) is 0 Å². The van der Waals surface area contributed by atoms with Gasteiger partial charge in [0.05, 0.1) is 24.4 Å². The van der Waals surface area contributed by atoms with Gasteiger partial charge in [-0.1, -0.05) is 5.16 Å². The smallest absolute Gasteiger partial charge is 0.153 e. The van der Waals surface area contributed by atoms with E-state index in [9.17, 15) is 0 Å². The van der Waals surface area contributed by atoms with Gasteiger partial charge >= 0.3 is 0 Å². The van der Waals surface area contributed by atoms with E-state index in [2.05, 4.69) is 20.3 Å². The van der Waals surface area contributed by atoms with Crippen LogP contribution in [-0.2, 0) is 11.3 Å². The zero-order valence-electron chi connectivity index (χ0n) is 13.0. The molecule has 1 N–H and O–H groups in total. The number of likely N-dealkylation sites (tertiary alicyclic amines) is 1. The van der Waals surface area contributed by atoms with Crippen LogP contribution in [0.2, 0.25) is 0 Å². The third kappa shape index (κ3) is 2.66. The van der Waals surface area contributed by atoms with Gasteiger partial charge in [-0.25, -0.2) is 4.98 Å². The maximum atomic E-state index is 5.55. The number of rotatable bonds is 5. The normalized spacial score (nSPS) is 25.9. The van der Waals surface area contributed by atoms with Gasteiger partial charge in [0.1, 0.15) is 5.82 Å². The van der Waals surface area contributed by atoms with E-state index in [1.165, 1.54) is 12.8 Å². The van der Waals surface area contributed by atoms with Crippen molar-refractivity contribution in [2.24, 2.45) is 0 Å². The number of aromatic amines is 1. The molecule has 22 heavy (non-hydrogen) atoms. The molecule has 2 aliphatic rings. The highest BCUT2D eigenvalue weighted by atomic mass is 16.5. The van der Waals surface area contributed by atoms with Gasteiger partial charge in [0.15, 0.2) is 11.6 Å². The molecule has 0 amide bonds. The highest BCUT2D eigenvalue weighted by Gasteiger charge is 2.37. The number of aryl methyl sites for hydroxylation is 1. The van der Waals surface area contributed by atoms with Crippen molar-refractivity contribution in [1.29, 1.82) is 0 Å². The number of H-pyrrole nitrogens is 1. The zero-order valence-corrected chi connectivity index (χ0v) is 13.0. The molecule has 3 heterocycles.